The molecule has 1 amide bonds. The first-order chi connectivity index (χ1) is 8.66. The molecule has 0 aromatic rings. The average Bonchev–Trinajstić information content (AvgIpc) is 2.32. The lowest BCUT2D eigenvalue weighted by Gasteiger charge is -2.33. The third kappa shape index (κ3) is 3.71. The number of hydrogen-bond donors (Lipinski definition) is 1. The summed E-state index contributed by atoms with van der Waals surface area (Å²) in [5.74, 6) is 1.27. The van der Waals surface area contributed by atoms with Crippen LogP contribution in [0.1, 0.15) is 64.2 Å². The van der Waals surface area contributed by atoms with Gasteiger partial charge in [-0.15, -0.1) is 0 Å². The van der Waals surface area contributed by atoms with Crippen molar-refractivity contribution in [2.45, 2.75) is 76.3 Å². The summed E-state index contributed by atoms with van der Waals surface area (Å²) in [6.45, 7) is 0. The van der Waals surface area contributed by atoms with Crippen molar-refractivity contribution in [1.82, 2.24) is 4.90 Å². The minimum Gasteiger partial charge on any atom is -0.343 e. The summed E-state index contributed by atoms with van der Waals surface area (Å²) in [4.78, 5) is 14.1. The van der Waals surface area contributed by atoms with Crippen LogP contribution in [0.3, 0.4) is 0 Å². The maximum Gasteiger partial charge on any atom is 0.222 e. The molecule has 2 N–H and O–H groups in total. The summed E-state index contributed by atoms with van der Waals surface area (Å²) in [5.41, 5.74) is 5.90. The molecule has 2 fully saturated rings. The zero-order valence-corrected chi connectivity index (χ0v) is 11.7. The Bertz CT molecular complexity index is 268. The van der Waals surface area contributed by atoms with Crippen LogP contribution in [0.15, 0.2) is 0 Å². The van der Waals surface area contributed by atoms with Crippen LogP contribution in [-0.2, 0) is 4.79 Å². The molecule has 0 atom stereocenters. The third-order valence-electron chi connectivity index (χ3n) is 4.91. The van der Waals surface area contributed by atoms with Gasteiger partial charge in [-0.25, -0.2) is 0 Å². The van der Waals surface area contributed by atoms with E-state index in [0.717, 1.165) is 44.4 Å². The van der Waals surface area contributed by atoms with Crippen molar-refractivity contribution in [2.75, 3.05) is 7.05 Å². The molecule has 0 bridgehead atoms. The Morgan fingerprint density at radius 3 is 2.39 bits per heavy atom. The Kier molecular flexibility index (Phi) is 5.04. The second kappa shape index (κ2) is 6.55. The van der Waals surface area contributed by atoms with E-state index in [-0.39, 0.29) is 0 Å². The molecule has 0 saturated heterocycles. The summed E-state index contributed by atoms with van der Waals surface area (Å²) in [6.07, 6.45) is 11.6. The zero-order chi connectivity index (χ0) is 13.0. The zero-order valence-electron chi connectivity index (χ0n) is 11.7. The molecule has 0 aliphatic heterocycles. The lowest BCUT2D eigenvalue weighted by atomic mass is 9.82. The number of rotatable bonds is 5. The van der Waals surface area contributed by atoms with Crippen LogP contribution in [0, 0.1) is 5.92 Å². The van der Waals surface area contributed by atoms with E-state index in [0.29, 0.717) is 18.0 Å². The highest BCUT2D eigenvalue weighted by Crippen LogP contribution is 2.31. The average molecular weight is 252 g/mol. The van der Waals surface area contributed by atoms with E-state index in [1.807, 2.05) is 11.9 Å². The topological polar surface area (TPSA) is 46.3 Å². The van der Waals surface area contributed by atoms with Crippen molar-refractivity contribution >= 4 is 5.91 Å². The van der Waals surface area contributed by atoms with Crippen molar-refractivity contribution in [2.24, 2.45) is 11.7 Å². The maximum atomic E-state index is 12.1. The second-order valence-electron chi connectivity index (χ2n) is 6.26. The molecule has 0 spiro atoms. The predicted octanol–water partition coefficient (Wildman–Crippen LogP) is 2.69. The van der Waals surface area contributed by atoms with Gasteiger partial charge in [0.25, 0.3) is 0 Å². The lowest BCUT2D eigenvalue weighted by molar-refractivity contribution is -0.132. The van der Waals surface area contributed by atoms with E-state index in [2.05, 4.69) is 0 Å². The van der Waals surface area contributed by atoms with Gasteiger partial charge in [-0.05, 0) is 44.4 Å². The van der Waals surface area contributed by atoms with E-state index in [9.17, 15) is 4.79 Å². The van der Waals surface area contributed by atoms with Crippen LogP contribution in [0.25, 0.3) is 0 Å². The largest absolute Gasteiger partial charge is 0.343 e. The number of amides is 1. The Morgan fingerprint density at radius 2 is 1.83 bits per heavy atom. The second-order valence-corrected chi connectivity index (χ2v) is 6.26. The molecule has 18 heavy (non-hydrogen) atoms. The third-order valence-corrected chi connectivity index (χ3v) is 4.91. The summed E-state index contributed by atoms with van der Waals surface area (Å²) in [6, 6.07) is 0.810. The first-order valence-electron chi connectivity index (χ1n) is 7.68. The molecule has 3 heteroatoms. The highest BCUT2D eigenvalue weighted by atomic mass is 16.2. The molecule has 3 nitrogen and oxygen atoms in total. The van der Waals surface area contributed by atoms with Crippen LogP contribution in [0.5, 0.6) is 0 Å². The number of carbonyl (C=O) groups is 1. The first kappa shape index (κ1) is 13.9. The Labute approximate surface area is 111 Å². The fraction of sp³-hybridized carbons (Fsp3) is 0.933. The molecule has 2 aliphatic rings. The fourth-order valence-corrected chi connectivity index (χ4v) is 3.19. The Balaban J connectivity index is 1.64. The molecule has 2 aliphatic carbocycles. The molecule has 2 saturated carbocycles. The highest BCUT2D eigenvalue weighted by Gasteiger charge is 2.25. The smallest absolute Gasteiger partial charge is 0.222 e. The molecular weight excluding hydrogens is 224 g/mol. The van der Waals surface area contributed by atoms with Crippen molar-refractivity contribution in [3.05, 3.63) is 0 Å². The van der Waals surface area contributed by atoms with Crippen molar-refractivity contribution in [1.29, 1.82) is 0 Å². The molecule has 0 radical (unpaired) electrons. The van der Waals surface area contributed by atoms with Gasteiger partial charge in [-0.1, -0.05) is 19.3 Å². The van der Waals surface area contributed by atoms with E-state index in [4.69, 9.17) is 5.73 Å². The quantitative estimate of drug-likeness (QED) is 0.817. The summed E-state index contributed by atoms with van der Waals surface area (Å²) in [5, 5.41) is 0. The molecule has 2 rings (SSSR count). The number of nitrogens with two attached hydrogens (primary N) is 1. The summed E-state index contributed by atoms with van der Waals surface area (Å²) in [7, 11) is 1.98. The molecule has 0 aromatic carbocycles. The van der Waals surface area contributed by atoms with Gasteiger partial charge >= 0.3 is 0 Å². The van der Waals surface area contributed by atoms with Gasteiger partial charge < -0.3 is 10.6 Å². The van der Waals surface area contributed by atoms with Crippen molar-refractivity contribution in [3.63, 3.8) is 0 Å². The van der Waals surface area contributed by atoms with Gasteiger partial charge in [0.05, 0.1) is 0 Å². The van der Waals surface area contributed by atoms with Crippen LogP contribution in [-0.4, -0.2) is 29.9 Å². The normalized spacial score (nSPS) is 28.8. The van der Waals surface area contributed by atoms with E-state index in [1.165, 1.54) is 25.7 Å². The van der Waals surface area contributed by atoms with E-state index in [1.54, 1.807) is 0 Å². The van der Waals surface area contributed by atoms with Crippen molar-refractivity contribution in [3.8, 4) is 0 Å². The van der Waals surface area contributed by atoms with Gasteiger partial charge in [0, 0.05) is 25.6 Å². The summed E-state index contributed by atoms with van der Waals surface area (Å²) < 4.78 is 0. The van der Waals surface area contributed by atoms with Crippen LogP contribution < -0.4 is 5.73 Å². The van der Waals surface area contributed by atoms with Crippen LogP contribution >= 0.6 is 0 Å². The standard InChI is InChI=1S/C15H28N2O/c1-17(14-10-8-13(16)9-11-14)15(18)7-3-6-12-4-2-5-12/h12-14H,2-11,16H2,1H3. The van der Waals surface area contributed by atoms with E-state index < -0.39 is 0 Å². The van der Waals surface area contributed by atoms with Gasteiger partial charge in [0.1, 0.15) is 0 Å². The molecular formula is C15H28N2O. The van der Waals surface area contributed by atoms with Crippen LogP contribution in [0.2, 0.25) is 0 Å². The van der Waals surface area contributed by atoms with Gasteiger partial charge in [-0.3, -0.25) is 4.79 Å². The van der Waals surface area contributed by atoms with Gasteiger partial charge in [0.15, 0.2) is 0 Å². The van der Waals surface area contributed by atoms with Gasteiger partial charge in [0.2, 0.25) is 5.91 Å². The fourth-order valence-electron chi connectivity index (χ4n) is 3.19. The van der Waals surface area contributed by atoms with E-state index >= 15 is 0 Å². The van der Waals surface area contributed by atoms with Crippen molar-refractivity contribution < 1.29 is 4.79 Å². The Hall–Kier alpha value is -0.570. The monoisotopic (exact) mass is 252 g/mol. The Morgan fingerprint density at radius 1 is 1.17 bits per heavy atom. The lowest BCUT2D eigenvalue weighted by Crippen LogP contribution is -2.41. The minimum atomic E-state index is 0.342. The minimum absolute atomic E-state index is 0.342. The SMILES string of the molecule is CN(C(=O)CCCC1CCC1)C1CCC(N)CC1. The molecule has 0 unspecified atom stereocenters. The number of nitrogens with zero attached hydrogens (tertiary/aromatic N) is 1. The van der Waals surface area contributed by atoms with Gasteiger partial charge in [-0.2, -0.15) is 0 Å². The summed E-state index contributed by atoms with van der Waals surface area (Å²) >= 11 is 0. The number of hydrogen-bond acceptors (Lipinski definition) is 2. The highest BCUT2D eigenvalue weighted by molar-refractivity contribution is 5.76. The maximum absolute atomic E-state index is 12.1. The first-order valence-corrected chi connectivity index (χ1v) is 7.68. The molecule has 104 valence electrons. The number of carbonyl (C=O) groups excluding carboxylic acids is 1. The predicted molar refractivity (Wildman–Crippen MR) is 74.2 cm³/mol. The van der Waals surface area contributed by atoms with Crippen LogP contribution in [0.4, 0.5) is 0 Å². The molecule has 0 aromatic heterocycles. The molecule has 0 heterocycles.